The summed E-state index contributed by atoms with van der Waals surface area (Å²) < 4.78 is 13.2. The van der Waals surface area contributed by atoms with Crippen LogP contribution in [0.4, 0.5) is 4.39 Å². The van der Waals surface area contributed by atoms with Crippen molar-refractivity contribution in [3.8, 4) is 6.07 Å². The Morgan fingerprint density at radius 2 is 2.36 bits per heavy atom. The van der Waals surface area contributed by atoms with Gasteiger partial charge in [-0.2, -0.15) is 5.26 Å². The first-order valence-corrected chi connectivity index (χ1v) is 4.04. The van der Waals surface area contributed by atoms with Crippen LogP contribution in [0.25, 0.3) is 5.57 Å². The third kappa shape index (κ3) is 2.30. The maximum absolute atomic E-state index is 13.2. The lowest BCUT2D eigenvalue weighted by atomic mass is 10.2. The smallest absolute Gasteiger partial charge is 0.150 e. The molecule has 14 heavy (non-hydrogen) atoms. The summed E-state index contributed by atoms with van der Waals surface area (Å²) in [6.45, 7) is 0. The average Bonchev–Trinajstić information content (AvgIpc) is 2.15. The highest BCUT2D eigenvalue weighted by molar-refractivity contribution is 5.74. The van der Waals surface area contributed by atoms with Gasteiger partial charge in [-0.05, 0) is 12.1 Å². The second kappa shape index (κ2) is 4.38. The van der Waals surface area contributed by atoms with E-state index < -0.39 is 5.82 Å². The minimum Gasteiger partial charge on any atom is -0.382 e. The van der Waals surface area contributed by atoms with Gasteiger partial charge in [-0.25, -0.2) is 4.39 Å². The van der Waals surface area contributed by atoms with Crippen molar-refractivity contribution in [1.29, 1.82) is 5.26 Å². The number of halogens is 1. The molecule has 1 aromatic rings. The molecule has 4 heteroatoms. The second-order valence-corrected chi connectivity index (χ2v) is 2.95. The van der Waals surface area contributed by atoms with Gasteiger partial charge in [0, 0.05) is 26.5 Å². The first-order valence-electron chi connectivity index (χ1n) is 4.04. The Balaban J connectivity index is 3.16. The van der Waals surface area contributed by atoms with Gasteiger partial charge in [-0.1, -0.05) is 0 Å². The topological polar surface area (TPSA) is 39.9 Å². The Labute approximate surface area is 82.1 Å². The molecule has 0 fully saturated rings. The van der Waals surface area contributed by atoms with E-state index in [1.807, 2.05) is 6.07 Å². The number of allylic oxidation sites excluding steroid dienone is 1. The van der Waals surface area contributed by atoms with Crippen molar-refractivity contribution in [1.82, 2.24) is 9.88 Å². The molecule has 72 valence electrons. The van der Waals surface area contributed by atoms with E-state index >= 15 is 0 Å². The third-order valence-electron chi connectivity index (χ3n) is 1.52. The molecular weight excluding hydrogens is 181 g/mol. The third-order valence-corrected chi connectivity index (χ3v) is 1.52. The molecule has 0 atom stereocenters. The maximum Gasteiger partial charge on any atom is 0.150 e. The van der Waals surface area contributed by atoms with Gasteiger partial charge in [0.25, 0.3) is 0 Å². The summed E-state index contributed by atoms with van der Waals surface area (Å²) in [5, 5.41) is 8.80. The van der Waals surface area contributed by atoms with E-state index in [-0.39, 0.29) is 11.3 Å². The van der Waals surface area contributed by atoms with Gasteiger partial charge < -0.3 is 4.90 Å². The summed E-state index contributed by atoms with van der Waals surface area (Å²) in [6.07, 6.45) is 2.99. The zero-order chi connectivity index (χ0) is 10.6. The molecule has 0 amide bonds. The van der Waals surface area contributed by atoms with Crippen LogP contribution < -0.4 is 0 Å². The fourth-order valence-electron chi connectivity index (χ4n) is 0.985. The molecule has 0 aromatic carbocycles. The van der Waals surface area contributed by atoms with Crippen molar-refractivity contribution in [2.75, 3.05) is 14.1 Å². The van der Waals surface area contributed by atoms with Crippen LogP contribution in [-0.4, -0.2) is 24.0 Å². The molecule has 1 rings (SSSR count). The number of hydrogen-bond donors (Lipinski definition) is 0. The molecule has 3 nitrogen and oxygen atoms in total. The first kappa shape index (κ1) is 10.2. The summed E-state index contributed by atoms with van der Waals surface area (Å²) in [4.78, 5) is 5.48. The molecule has 0 radical (unpaired) electrons. The Bertz CT molecular complexity index is 391. The van der Waals surface area contributed by atoms with Crippen LogP contribution in [0.1, 0.15) is 5.69 Å². The van der Waals surface area contributed by atoms with E-state index in [2.05, 4.69) is 4.98 Å². The highest BCUT2D eigenvalue weighted by Gasteiger charge is 2.08. The Morgan fingerprint density at radius 1 is 1.64 bits per heavy atom. The number of aromatic nitrogens is 1. The van der Waals surface area contributed by atoms with E-state index in [1.54, 1.807) is 19.0 Å². The van der Waals surface area contributed by atoms with E-state index in [0.717, 1.165) is 0 Å². The van der Waals surface area contributed by atoms with Gasteiger partial charge in [0.05, 0.1) is 5.57 Å². The lowest BCUT2D eigenvalue weighted by Gasteiger charge is -2.06. The highest BCUT2D eigenvalue weighted by atomic mass is 19.1. The molecule has 0 aliphatic heterocycles. The van der Waals surface area contributed by atoms with Crippen molar-refractivity contribution in [3.63, 3.8) is 0 Å². The first-order chi connectivity index (χ1) is 6.65. The lowest BCUT2D eigenvalue weighted by Crippen LogP contribution is -2.03. The van der Waals surface area contributed by atoms with E-state index in [1.165, 1.54) is 24.5 Å². The molecule has 0 saturated heterocycles. The van der Waals surface area contributed by atoms with Gasteiger partial charge in [0.2, 0.25) is 0 Å². The normalized spacial score (nSPS) is 10.9. The van der Waals surface area contributed by atoms with Gasteiger partial charge in [0.1, 0.15) is 17.6 Å². The summed E-state index contributed by atoms with van der Waals surface area (Å²) in [5.74, 6) is -0.484. The molecule has 1 heterocycles. The van der Waals surface area contributed by atoms with Crippen LogP contribution in [0.5, 0.6) is 0 Å². The SMILES string of the molecule is CN(C)/C=C(\C#N)c1ncccc1F. The zero-order valence-electron chi connectivity index (χ0n) is 8.03. The minimum absolute atomic E-state index is 0.0868. The molecule has 0 bridgehead atoms. The predicted octanol–water partition coefficient (Wildman–Crippen LogP) is 1.65. The fourth-order valence-corrected chi connectivity index (χ4v) is 0.985. The van der Waals surface area contributed by atoms with Crippen LogP contribution in [-0.2, 0) is 0 Å². The van der Waals surface area contributed by atoms with E-state index in [0.29, 0.717) is 0 Å². The predicted molar refractivity (Wildman–Crippen MR) is 51.5 cm³/mol. The summed E-state index contributed by atoms with van der Waals surface area (Å²) in [6, 6.07) is 4.68. The molecule has 0 aliphatic rings. The Kier molecular flexibility index (Phi) is 3.19. The Morgan fingerprint density at radius 3 is 2.86 bits per heavy atom. The fraction of sp³-hybridized carbons (Fsp3) is 0.200. The quantitative estimate of drug-likeness (QED) is 0.667. The summed E-state index contributed by atoms with van der Waals surface area (Å²) in [5.41, 5.74) is 0.303. The van der Waals surface area contributed by atoms with Crippen molar-refractivity contribution < 1.29 is 4.39 Å². The van der Waals surface area contributed by atoms with Crippen molar-refractivity contribution in [2.45, 2.75) is 0 Å². The molecule has 0 N–H and O–H groups in total. The van der Waals surface area contributed by atoms with Crippen LogP contribution in [0, 0.1) is 17.1 Å². The van der Waals surface area contributed by atoms with Gasteiger partial charge in [0.15, 0.2) is 0 Å². The van der Waals surface area contributed by atoms with Crippen LogP contribution in [0.15, 0.2) is 24.5 Å². The molecule has 0 aliphatic carbocycles. The number of pyridine rings is 1. The van der Waals surface area contributed by atoms with Crippen molar-refractivity contribution in [3.05, 3.63) is 36.0 Å². The number of nitriles is 1. The van der Waals surface area contributed by atoms with Crippen molar-refractivity contribution in [2.24, 2.45) is 0 Å². The lowest BCUT2D eigenvalue weighted by molar-refractivity contribution is 0.564. The summed E-state index contributed by atoms with van der Waals surface area (Å²) in [7, 11) is 3.52. The molecule has 0 unspecified atom stereocenters. The van der Waals surface area contributed by atoms with Gasteiger partial charge in [-0.15, -0.1) is 0 Å². The number of hydrogen-bond acceptors (Lipinski definition) is 3. The summed E-state index contributed by atoms with van der Waals surface area (Å²) >= 11 is 0. The zero-order valence-corrected chi connectivity index (χ0v) is 8.03. The molecule has 0 spiro atoms. The molecule has 0 saturated carbocycles. The Hall–Kier alpha value is -1.89. The van der Waals surface area contributed by atoms with Crippen LogP contribution in [0.2, 0.25) is 0 Å². The van der Waals surface area contributed by atoms with E-state index in [4.69, 9.17) is 5.26 Å². The molecule has 1 aromatic heterocycles. The van der Waals surface area contributed by atoms with E-state index in [9.17, 15) is 4.39 Å². The largest absolute Gasteiger partial charge is 0.382 e. The highest BCUT2D eigenvalue weighted by Crippen LogP contribution is 2.14. The van der Waals surface area contributed by atoms with Crippen molar-refractivity contribution >= 4 is 5.57 Å². The second-order valence-electron chi connectivity index (χ2n) is 2.95. The number of nitrogens with zero attached hydrogens (tertiary/aromatic N) is 3. The van der Waals surface area contributed by atoms with Crippen LogP contribution in [0.3, 0.4) is 0 Å². The van der Waals surface area contributed by atoms with Gasteiger partial charge in [-0.3, -0.25) is 4.98 Å². The maximum atomic E-state index is 13.2. The molecular formula is C10H10FN3. The van der Waals surface area contributed by atoms with Crippen LogP contribution >= 0.6 is 0 Å². The minimum atomic E-state index is -0.484. The average molecular weight is 191 g/mol. The number of rotatable bonds is 2. The van der Waals surface area contributed by atoms with Gasteiger partial charge >= 0.3 is 0 Å². The standard InChI is InChI=1S/C10H10FN3/c1-14(2)7-8(6-12)10-9(11)4-3-5-13-10/h3-5,7H,1-2H3/b8-7+. The monoisotopic (exact) mass is 191 g/mol.